The van der Waals surface area contributed by atoms with Gasteiger partial charge in [-0.15, -0.1) is 9.24 Å². The summed E-state index contributed by atoms with van der Waals surface area (Å²) in [5.74, 6) is 0.423. The largest absolute Gasteiger partial charge is 0.370 e. The van der Waals surface area contributed by atoms with E-state index in [9.17, 15) is 4.79 Å². The Morgan fingerprint density at radius 3 is 2.62 bits per heavy atom. The van der Waals surface area contributed by atoms with Crippen molar-refractivity contribution in [1.29, 1.82) is 0 Å². The van der Waals surface area contributed by atoms with Gasteiger partial charge in [0.1, 0.15) is 5.84 Å². The normalized spacial score (nSPS) is 16.4. The first-order valence-electron chi connectivity index (χ1n) is 10.4. The predicted molar refractivity (Wildman–Crippen MR) is 138 cm³/mol. The molecule has 32 heavy (non-hydrogen) atoms. The highest BCUT2D eigenvalue weighted by Gasteiger charge is 2.37. The van der Waals surface area contributed by atoms with E-state index in [0.717, 1.165) is 28.6 Å². The molecule has 3 rings (SSSR count). The summed E-state index contributed by atoms with van der Waals surface area (Å²) in [6.07, 6.45) is 3.17. The molecular formula is C23H30N5O2PS. The topological polar surface area (TPSA) is 89.0 Å². The first-order chi connectivity index (χ1) is 15.4. The lowest BCUT2D eigenvalue weighted by molar-refractivity contribution is -0.132. The fourth-order valence-electron chi connectivity index (χ4n) is 3.63. The van der Waals surface area contributed by atoms with E-state index >= 15 is 0 Å². The van der Waals surface area contributed by atoms with Crippen molar-refractivity contribution in [1.82, 2.24) is 5.48 Å². The standard InChI is InChI=1S/C23H30N5O2PS/c1-4-19(26-17(3)25-18-9-14-32-15-18)16(2)24-20-7-5-6-8-21(20)28-12-10-23(31,11-13-28)22(29)27-30/h4-9,14-15,24,30H,2,10-13,31H2,1,3H3,(H,25,26)(H,27,29)/b19-4-. The van der Waals surface area contributed by atoms with Gasteiger partial charge in [0.25, 0.3) is 5.91 Å². The number of rotatable bonds is 7. The molecule has 0 bridgehead atoms. The SMILES string of the molecule is C=C(Nc1ccccc1N1CCC(P)(C(=O)NO)CC1)/C(=C/C)N=C(C)Nc1ccsc1. The van der Waals surface area contributed by atoms with Gasteiger partial charge in [0, 0.05) is 18.5 Å². The second-order valence-electron chi connectivity index (χ2n) is 7.71. The summed E-state index contributed by atoms with van der Waals surface area (Å²) in [6, 6.07) is 10.0. The molecule has 1 amide bonds. The smallest absolute Gasteiger partial charge is 0.253 e. The van der Waals surface area contributed by atoms with Crippen LogP contribution in [0.2, 0.25) is 0 Å². The molecule has 0 aliphatic carbocycles. The van der Waals surface area contributed by atoms with Crippen LogP contribution in [0.1, 0.15) is 26.7 Å². The summed E-state index contributed by atoms with van der Waals surface area (Å²) in [5, 5.41) is 19.1. The Bertz CT molecular complexity index is 1010. The van der Waals surface area contributed by atoms with Gasteiger partial charge in [-0.2, -0.15) is 11.3 Å². The highest BCUT2D eigenvalue weighted by Crippen LogP contribution is 2.36. The average molecular weight is 472 g/mol. The van der Waals surface area contributed by atoms with Crippen LogP contribution in [0, 0.1) is 0 Å². The van der Waals surface area contributed by atoms with Crippen LogP contribution < -0.4 is 21.0 Å². The van der Waals surface area contributed by atoms with Crippen LogP contribution in [0.4, 0.5) is 17.1 Å². The molecule has 7 nitrogen and oxygen atoms in total. The third-order valence-corrected chi connectivity index (χ3v) is 6.98. The molecule has 1 unspecified atom stereocenters. The zero-order chi connectivity index (χ0) is 23.1. The van der Waals surface area contributed by atoms with Gasteiger partial charge in [-0.25, -0.2) is 10.5 Å². The summed E-state index contributed by atoms with van der Waals surface area (Å²) in [4.78, 5) is 18.9. The second-order valence-corrected chi connectivity index (χ2v) is 9.60. The number of hydroxylamine groups is 1. The Labute approximate surface area is 195 Å². The summed E-state index contributed by atoms with van der Waals surface area (Å²) in [6.45, 7) is 9.45. The number of nitrogens with zero attached hydrogens (tertiary/aromatic N) is 2. The maximum Gasteiger partial charge on any atom is 0.253 e. The molecule has 1 fully saturated rings. The number of aliphatic imine (C=N–C) groups is 1. The number of carbonyl (C=O) groups is 1. The van der Waals surface area contributed by atoms with E-state index in [1.54, 1.807) is 16.8 Å². The first kappa shape index (κ1) is 24.0. The molecule has 4 N–H and O–H groups in total. The van der Waals surface area contributed by atoms with Crippen LogP contribution in [-0.4, -0.2) is 35.2 Å². The molecule has 0 radical (unpaired) electrons. The molecule has 1 saturated heterocycles. The number of anilines is 3. The Balaban J connectivity index is 1.70. The molecule has 9 heteroatoms. The van der Waals surface area contributed by atoms with Gasteiger partial charge < -0.3 is 15.5 Å². The van der Waals surface area contributed by atoms with Crippen molar-refractivity contribution in [3.8, 4) is 0 Å². The number of hydrogen-bond acceptors (Lipinski definition) is 6. The van der Waals surface area contributed by atoms with Crippen LogP contribution >= 0.6 is 20.6 Å². The van der Waals surface area contributed by atoms with E-state index in [4.69, 9.17) is 5.21 Å². The van der Waals surface area contributed by atoms with Gasteiger partial charge in [-0.1, -0.05) is 24.8 Å². The van der Waals surface area contributed by atoms with E-state index in [1.165, 1.54) is 0 Å². The Hall–Kier alpha value is -2.67. The van der Waals surface area contributed by atoms with Crippen molar-refractivity contribution in [3.63, 3.8) is 0 Å². The van der Waals surface area contributed by atoms with Gasteiger partial charge in [0.05, 0.1) is 33.6 Å². The summed E-state index contributed by atoms with van der Waals surface area (Å²) >= 11 is 1.63. The predicted octanol–water partition coefficient (Wildman–Crippen LogP) is 4.83. The number of hydrogen-bond donors (Lipinski definition) is 4. The third kappa shape index (κ3) is 5.76. The van der Waals surface area contributed by atoms with Crippen LogP contribution in [0.5, 0.6) is 0 Å². The molecule has 2 heterocycles. The van der Waals surface area contributed by atoms with Crippen molar-refractivity contribution in [2.24, 2.45) is 4.99 Å². The maximum absolute atomic E-state index is 12.0. The number of nitrogens with one attached hydrogen (secondary N) is 3. The van der Waals surface area contributed by atoms with Gasteiger partial charge >= 0.3 is 0 Å². The van der Waals surface area contributed by atoms with Crippen LogP contribution in [0.3, 0.4) is 0 Å². The number of thiophene rings is 1. The highest BCUT2D eigenvalue weighted by atomic mass is 32.1. The molecule has 1 aromatic carbocycles. The number of carbonyl (C=O) groups excluding carboxylic acids is 1. The fourth-order valence-corrected chi connectivity index (χ4v) is 4.54. The van der Waals surface area contributed by atoms with Crippen LogP contribution in [0.25, 0.3) is 0 Å². The van der Waals surface area contributed by atoms with Crippen LogP contribution in [-0.2, 0) is 4.79 Å². The number of piperidine rings is 1. The molecule has 0 spiro atoms. The first-order valence-corrected chi connectivity index (χ1v) is 11.9. The molecule has 0 saturated carbocycles. The van der Waals surface area contributed by atoms with Crippen molar-refractivity contribution in [3.05, 3.63) is 65.1 Å². The van der Waals surface area contributed by atoms with Crippen molar-refractivity contribution in [2.75, 3.05) is 28.6 Å². The zero-order valence-electron chi connectivity index (χ0n) is 18.4. The van der Waals surface area contributed by atoms with Crippen molar-refractivity contribution >= 4 is 49.4 Å². The number of para-hydroxylation sites is 2. The second kappa shape index (κ2) is 10.8. The third-order valence-electron chi connectivity index (χ3n) is 5.46. The maximum atomic E-state index is 12.0. The minimum atomic E-state index is -0.642. The fraction of sp³-hybridized carbons (Fsp3) is 0.304. The summed E-state index contributed by atoms with van der Waals surface area (Å²) in [5.41, 5.74) is 6.22. The lowest BCUT2D eigenvalue weighted by Crippen LogP contribution is -2.49. The van der Waals surface area contributed by atoms with Gasteiger partial charge in [-0.05, 0) is 50.3 Å². The van der Waals surface area contributed by atoms with Crippen LogP contribution in [0.15, 0.2) is 70.1 Å². The molecule has 1 aromatic heterocycles. The monoisotopic (exact) mass is 471 g/mol. The zero-order valence-corrected chi connectivity index (χ0v) is 20.4. The Morgan fingerprint density at radius 2 is 2.00 bits per heavy atom. The summed E-state index contributed by atoms with van der Waals surface area (Å²) < 4.78 is 0. The van der Waals surface area contributed by atoms with Gasteiger partial charge in [0.15, 0.2) is 0 Å². The lowest BCUT2D eigenvalue weighted by atomic mass is 9.94. The average Bonchev–Trinajstić information content (AvgIpc) is 3.30. The van der Waals surface area contributed by atoms with E-state index in [1.807, 2.05) is 54.9 Å². The van der Waals surface area contributed by atoms with Crippen molar-refractivity contribution < 1.29 is 10.0 Å². The van der Waals surface area contributed by atoms with E-state index in [-0.39, 0.29) is 5.91 Å². The van der Waals surface area contributed by atoms with Gasteiger partial charge in [-0.3, -0.25) is 10.0 Å². The molecular weight excluding hydrogens is 441 g/mol. The van der Waals surface area contributed by atoms with E-state index < -0.39 is 5.16 Å². The molecule has 170 valence electrons. The van der Waals surface area contributed by atoms with Crippen molar-refractivity contribution in [2.45, 2.75) is 31.8 Å². The van der Waals surface area contributed by atoms with Gasteiger partial charge in [0.2, 0.25) is 0 Å². The Morgan fingerprint density at radius 1 is 1.28 bits per heavy atom. The highest BCUT2D eigenvalue weighted by molar-refractivity contribution is 7.21. The quantitative estimate of drug-likeness (QED) is 0.116. The van der Waals surface area contributed by atoms with E-state index in [0.29, 0.717) is 31.6 Å². The number of amides is 1. The minimum Gasteiger partial charge on any atom is -0.370 e. The van der Waals surface area contributed by atoms with E-state index in [2.05, 4.69) is 42.4 Å². The Kier molecular flexibility index (Phi) is 8.07. The number of amidine groups is 1. The molecule has 1 aliphatic heterocycles. The minimum absolute atomic E-state index is 0.357. The molecule has 2 aromatic rings. The number of benzene rings is 1. The summed E-state index contributed by atoms with van der Waals surface area (Å²) in [7, 11) is 2.61. The molecule has 1 atom stereocenters. The lowest BCUT2D eigenvalue weighted by Gasteiger charge is -2.39. The molecule has 1 aliphatic rings. The number of allylic oxidation sites excluding steroid dienone is 1.